The minimum atomic E-state index is 0.130. The Morgan fingerprint density at radius 2 is 2.08 bits per heavy atom. The quantitative estimate of drug-likeness (QED) is 0.425. The molecule has 0 unspecified atom stereocenters. The normalized spacial score (nSPS) is 13.8. The van der Waals surface area contributed by atoms with Crippen LogP contribution in [0.2, 0.25) is 0 Å². The summed E-state index contributed by atoms with van der Waals surface area (Å²) in [5, 5.41) is 6.54. The number of hydrogen-bond acceptors (Lipinski definition) is 5. The number of rotatable bonds is 8. The van der Waals surface area contributed by atoms with E-state index in [2.05, 4.69) is 42.7 Å². The molecule has 1 aliphatic rings. The summed E-state index contributed by atoms with van der Waals surface area (Å²) in [6.07, 6.45) is 2.11. The average Bonchev–Trinajstić information content (AvgIpc) is 3.04. The Morgan fingerprint density at radius 3 is 2.83 bits per heavy atom. The van der Waals surface area contributed by atoms with Crippen molar-refractivity contribution in [3.05, 3.63) is 18.2 Å². The summed E-state index contributed by atoms with van der Waals surface area (Å²) in [5.74, 6) is 3.08. The lowest BCUT2D eigenvalue weighted by Crippen LogP contribution is -2.40. The number of benzene rings is 1. The Kier molecular flexibility index (Phi) is 6.90. The van der Waals surface area contributed by atoms with Crippen LogP contribution in [0.3, 0.4) is 0 Å². The Balaban J connectivity index is 1.77. The molecule has 0 aromatic heterocycles. The third-order valence-electron chi connectivity index (χ3n) is 3.52. The molecule has 0 fully saturated rings. The van der Waals surface area contributed by atoms with Crippen molar-refractivity contribution in [1.29, 1.82) is 0 Å². The number of nitrogens with one attached hydrogen (secondary N) is 2. The van der Waals surface area contributed by atoms with Crippen LogP contribution in [0, 0.1) is 0 Å². The van der Waals surface area contributed by atoms with Gasteiger partial charge in [0, 0.05) is 17.4 Å². The highest BCUT2D eigenvalue weighted by Gasteiger charge is 2.15. The highest BCUT2D eigenvalue weighted by atomic mass is 32.2. The Morgan fingerprint density at radius 1 is 1.29 bits per heavy atom. The molecule has 0 bridgehead atoms. The zero-order chi connectivity index (χ0) is 17.4. The van der Waals surface area contributed by atoms with Crippen molar-refractivity contribution in [3.8, 4) is 17.2 Å². The summed E-state index contributed by atoms with van der Waals surface area (Å²) in [6, 6.07) is 5.59. The molecule has 6 nitrogen and oxygen atoms in total. The van der Waals surface area contributed by atoms with E-state index in [1.165, 1.54) is 0 Å². The lowest BCUT2D eigenvalue weighted by atomic mass is 10.2. The molecule has 1 aromatic carbocycles. The van der Waals surface area contributed by atoms with Crippen LogP contribution in [0.15, 0.2) is 23.2 Å². The summed E-state index contributed by atoms with van der Waals surface area (Å²) in [5.41, 5.74) is 0. The molecule has 0 saturated heterocycles. The fourth-order valence-corrected chi connectivity index (χ4v) is 2.17. The van der Waals surface area contributed by atoms with Crippen LogP contribution in [-0.4, -0.2) is 50.0 Å². The lowest BCUT2D eigenvalue weighted by molar-refractivity contribution is 0.173. The van der Waals surface area contributed by atoms with Crippen LogP contribution in [-0.2, 0) is 0 Å². The van der Waals surface area contributed by atoms with E-state index in [4.69, 9.17) is 14.2 Å². The van der Waals surface area contributed by atoms with Crippen LogP contribution in [0.1, 0.15) is 20.8 Å². The topological polar surface area (TPSA) is 64.1 Å². The maximum Gasteiger partial charge on any atom is 0.231 e. The zero-order valence-electron chi connectivity index (χ0n) is 14.8. The number of aliphatic imine (C=N–C) groups is 1. The van der Waals surface area contributed by atoms with E-state index in [9.17, 15) is 0 Å². The molecule has 1 heterocycles. The van der Waals surface area contributed by atoms with E-state index >= 15 is 0 Å². The first-order chi connectivity index (χ1) is 11.5. The van der Waals surface area contributed by atoms with Gasteiger partial charge in [-0.05, 0) is 39.2 Å². The number of hydrogen-bond donors (Lipinski definition) is 2. The smallest absolute Gasteiger partial charge is 0.231 e. The standard InChI is InChI=1S/C17H27N3O3S/c1-5-18-16(20-11-17(2,3)24-4)19-8-9-21-13-6-7-14-15(10-13)23-12-22-14/h6-7,10H,5,8-9,11-12H2,1-4H3,(H2,18,19,20). The second-order valence-corrected chi connectivity index (χ2v) is 7.46. The number of guanidine groups is 1. The summed E-state index contributed by atoms with van der Waals surface area (Å²) < 4.78 is 16.5. The van der Waals surface area contributed by atoms with Gasteiger partial charge in [-0.15, -0.1) is 0 Å². The zero-order valence-corrected chi connectivity index (χ0v) is 15.7. The number of fused-ring (bicyclic) bond motifs is 1. The highest BCUT2D eigenvalue weighted by molar-refractivity contribution is 7.99. The van der Waals surface area contributed by atoms with Crippen LogP contribution in [0.25, 0.3) is 0 Å². The van der Waals surface area contributed by atoms with Crippen molar-refractivity contribution in [2.75, 3.05) is 39.3 Å². The van der Waals surface area contributed by atoms with Crippen LogP contribution in [0.4, 0.5) is 0 Å². The Bertz CT molecular complexity index is 564. The Labute approximate surface area is 148 Å². The summed E-state index contributed by atoms with van der Waals surface area (Å²) in [7, 11) is 0. The summed E-state index contributed by atoms with van der Waals surface area (Å²) >= 11 is 1.81. The number of ether oxygens (including phenoxy) is 3. The van der Waals surface area contributed by atoms with Gasteiger partial charge in [0.1, 0.15) is 12.4 Å². The molecule has 0 radical (unpaired) electrons. The third-order valence-corrected chi connectivity index (χ3v) is 4.76. The van der Waals surface area contributed by atoms with Gasteiger partial charge in [0.05, 0.1) is 13.1 Å². The van der Waals surface area contributed by atoms with Gasteiger partial charge in [-0.1, -0.05) is 0 Å². The van der Waals surface area contributed by atoms with Crippen LogP contribution >= 0.6 is 11.8 Å². The molecule has 7 heteroatoms. The van der Waals surface area contributed by atoms with Crippen molar-refractivity contribution in [3.63, 3.8) is 0 Å². The molecule has 134 valence electrons. The molecule has 1 aromatic rings. The molecule has 0 spiro atoms. The molecule has 0 atom stereocenters. The van der Waals surface area contributed by atoms with E-state index in [1.54, 1.807) is 0 Å². The van der Waals surface area contributed by atoms with Crippen molar-refractivity contribution >= 4 is 17.7 Å². The summed E-state index contributed by atoms with van der Waals surface area (Å²) in [6.45, 7) is 9.49. The third kappa shape index (κ3) is 5.70. The van der Waals surface area contributed by atoms with Crippen LogP contribution in [0.5, 0.6) is 17.2 Å². The van der Waals surface area contributed by atoms with Gasteiger partial charge in [0.2, 0.25) is 6.79 Å². The second kappa shape index (κ2) is 8.92. The van der Waals surface area contributed by atoms with Gasteiger partial charge >= 0.3 is 0 Å². The molecule has 24 heavy (non-hydrogen) atoms. The van der Waals surface area contributed by atoms with E-state index in [1.807, 2.05) is 30.0 Å². The van der Waals surface area contributed by atoms with E-state index < -0.39 is 0 Å². The van der Waals surface area contributed by atoms with E-state index in [-0.39, 0.29) is 11.5 Å². The van der Waals surface area contributed by atoms with Gasteiger partial charge in [-0.25, -0.2) is 0 Å². The molecule has 1 aliphatic heterocycles. The van der Waals surface area contributed by atoms with Gasteiger partial charge in [0.15, 0.2) is 17.5 Å². The minimum Gasteiger partial charge on any atom is -0.492 e. The van der Waals surface area contributed by atoms with Gasteiger partial charge in [-0.3, -0.25) is 4.99 Å². The molecular formula is C17H27N3O3S. The van der Waals surface area contributed by atoms with Gasteiger partial charge in [0.25, 0.3) is 0 Å². The molecule has 0 amide bonds. The predicted molar refractivity (Wildman–Crippen MR) is 99.6 cm³/mol. The maximum absolute atomic E-state index is 5.74. The van der Waals surface area contributed by atoms with Crippen LogP contribution < -0.4 is 24.8 Å². The first-order valence-electron chi connectivity index (χ1n) is 8.14. The van der Waals surface area contributed by atoms with Crippen molar-refractivity contribution in [2.45, 2.75) is 25.5 Å². The lowest BCUT2D eigenvalue weighted by Gasteiger charge is -2.20. The molecule has 2 N–H and O–H groups in total. The highest BCUT2D eigenvalue weighted by Crippen LogP contribution is 2.34. The fraction of sp³-hybridized carbons (Fsp3) is 0.588. The molecular weight excluding hydrogens is 326 g/mol. The first kappa shape index (κ1) is 18.6. The molecule has 2 rings (SSSR count). The van der Waals surface area contributed by atoms with Crippen molar-refractivity contribution in [2.24, 2.45) is 4.99 Å². The number of thioether (sulfide) groups is 1. The van der Waals surface area contributed by atoms with Crippen molar-refractivity contribution in [1.82, 2.24) is 10.6 Å². The molecule has 0 saturated carbocycles. The predicted octanol–water partition coefficient (Wildman–Crippen LogP) is 2.49. The van der Waals surface area contributed by atoms with E-state index in [0.29, 0.717) is 13.2 Å². The van der Waals surface area contributed by atoms with Crippen molar-refractivity contribution < 1.29 is 14.2 Å². The van der Waals surface area contributed by atoms with Gasteiger partial charge in [-0.2, -0.15) is 11.8 Å². The first-order valence-corrected chi connectivity index (χ1v) is 9.36. The Hall–Kier alpha value is -1.76. The molecule has 0 aliphatic carbocycles. The monoisotopic (exact) mass is 353 g/mol. The average molecular weight is 353 g/mol. The maximum atomic E-state index is 5.74. The van der Waals surface area contributed by atoms with Gasteiger partial charge < -0.3 is 24.8 Å². The largest absolute Gasteiger partial charge is 0.492 e. The summed E-state index contributed by atoms with van der Waals surface area (Å²) in [4.78, 5) is 4.63. The second-order valence-electron chi connectivity index (χ2n) is 5.95. The minimum absolute atomic E-state index is 0.130. The SMILES string of the molecule is CCNC(=NCC(C)(C)SC)NCCOc1ccc2c(c1)OCO2. The number of nitrogens with zero attached hydrogens (tertiary/aromatic N) is 1. The van der Waals surface area contributed by atoms with E-state index in [0.717, 1.165) is 36.3 Å². The fourth-order valence-electron chi connectivity index (χ4n) is 1.98.